The summed E-state index contributed by atoms with van der Waals surface area (Å²) in [5.41, 5.74) is -0.859. The first-order valence-electron chi connectivity index (χ1n) is 5.32. The average Bonchev–Trinajstić information content (AvgIpc) is 2.34. The summed E-state index contributed by atoms with van der Waals surface area (Å²) in [5.74, 6) is -2.49. The van der Waals surface area contributed by atoms with Crippen LogP contribution in [0, 0.1) is 0 Å². The third-order valence-electron chi connectivity index (χ3n) is 2.14. The Morgan fingerprint density at radius 3 is 2.24 bits per heavy atom. The van der Waals surface area contributed by atoms with E-state index in [1.165, 1.54) is 6.92 Å². The van der Waals surface area contributed by atoms with E-state index in [0.717, 1.165) is 12.1 Å². The minimum absolute atomic E-state index is 0. The van der Waals surface area contributed by atoms with Gasteiger partial charge in [0.15, 0.2) is 0 Å². The molecule has 0 aromatic heterocycles. The quantitative estimate of drug-likeness (QED) is 0.301. The Hall–Kier alpha value is -0.970. The molecule has 8 nitrogen and oxygen atoms in total. The van der Waals surface area contributed by atoms with Crippen LogP contribution in [0.2, 0.25) is 0 Å². The SMILES string of the molecule is CC(O)COC(=O)c1cc(C(=O)O)cc(S(=O)(=O)O)c1.[H-].[Na+]. The Morgan fingerprint density at radius 1 is 1.29 bits per heavy atom. The largest absolute Gasteiger partial charge is 1.00 e. The van der Waals surface area contributed by atoms with E-state index in [4.69, 9.17) is 14.8 Å². The van der Waals surface area contributed by atoms with Gasteiger partial charge in [0.05, 0.1) is 22.1 Å². The number of esters is 1. The van der Waals surface area contributed by atoms with Gasteiger partial charge in [0.25, 0.3) is 10.1 Å². The van der Waals surface area contributed by atoms with Crippen LogP contribution in [0.25, 0.3) is 0 Å². The summed E-state index contributed by atoms with van der Waals surface area (Å²) < 4.78 is 35.6. The number of rotatable bonds is 5. The van der Waals surface area contributed by atoms with E-state index in [1.54, 1.807) is 0 Å². The zero-order chi connectivity index (χ0) is 15.5. The standard InChI is InChI=1S/C11H12O8S.Na.H/c1-6(12)5-19-11(15)8-2-7(10(13)14)3-9(4-8)20(16,17)18;;/h2-4,6,12H,5H2,1H3,(H,13,14)(H,16,17,18);;/q;+1;-1. The smallest absolute Gasteiger partial charge is 1.00 e. The summed E-state index contributed by atoms with van der Waals surface area (Å²) in [5, 5.41) is 17.8. The first-order valence-corrected chi connectivity index (χ1v) is 6.76. The van der Waals surface area contributed by atoms with E-state index in [1.807, 2.05) is 0 Å². The number of hydrogen-bond acceptors (Lipinski definition) is 6. The van der Waals surface area contributed by atoms with Crippen LogP contribution in [0.4, 0.5) is 0 Å². The van der Waals surface area contributed by atoms with Crippen molar-refractivity contribution in [2.75, 3.05) is 6.61 Å². The van der Waals surface area contributed by atoms with E-state index in [0.29, 0.717) is 6.07 Å². The molecule has 1 unspecified atom stereocenters. The molecular weight excluding hydrogens is 315 g/mol. The summed E-state index contributed by atoms with van der Waals surface area (Å²) in [6.45, 7) is 1.03. The summed E-state index contributed by atoms with van der Waals surface area (Å²) in [4.78, 5) is 21.7. The maximum atomic E-state index is 11.6. The monoisotopic (exact) mass is 328 g/mol. The molecule has 0 fully saturated rings. The van der Waals surface area contributed by atoms with Gasteiger partial charge in [0.2, 0.25) is 0 Å². The Labute approximate surface area is 144 Å². The number of ether oxygens (including phenoxy) is 1. The Balaban J connectivity index is 0. The predicted octanol–water partition coefficient (Wildman–Crippen LogP) is -2.71. The number of carbonyl (C=O) groups is 2. The maximum Gasteiger partial charge on any atom is 1.00 e. The normalized spacial score (nSPS) is 12.1. The number of aliphatic hydroxyl groups is 1. The van der Waals surface area contributed by atoms with Gasteiger partial charge in [-0.05, 0) is 25.1 Å². The van der Waals surface area contributed by atoms with E-state index < -0.39 is 38.6 Å². The molecule has 0 radical (unpaired) electrons. The molecule has 1 aromatic carbocycles. The van der Waals surface area contributed by atoms with Crippen LogP contribution in [-0.4, -0.2) is 47.8 Å². The summed E-state index contributed by atoms with van der Waals surface area (Å²) in [6, 6.07) is 2.40. The van der Waals surface area contributed by atoms with Gasteiger partial charge >= 0.3 is 41.5 Å². The van der Waals surface area contributed by atoms with Crippen LogP contribution in [0.15, 0.2) is 23.1 Å². The summed E-state index contributed by atoms with van der Waals surface area (Å²) in [7, 11) is -4.67. The number of carbonyl (C=O) groups excluding carboxylic acids is 1. The molecule has 0 spiro atoms. The molecule has 0 saturated carbocycles. The van der Waals surface area contributed by atoms with Crippen molar-refractivity contribution in [3.05, 3.63) is 29.3 Å². The molecule has 1 rings (SSSR count). The first-order chi connectivity index (χ1) is 9.11. The van der Waals surface area contributed by atoms with E-state index >= 15 is 0 Å². The molecule has 1 aromatic rings. The fourth-order valence-corrected chi connectivity index (χ4v) is 1.82. The number of carboxylic acid groups (broad SMARTS) is 1. The molecule has 0 bridgehead atoms. The summed E-state index contributed by atoms with van der Waals surface area (Å²) in [6.07, 6.45) is -0.928. The van der Waals surface area contributed by atoms with Crippen LogP contribution in [0.5, 0.6) is 0 Å². The predicted molar refractivity (Wildman–Crippen MR) is 66.3 cm³/mol. The zero-order valence-corrected chi connectivity index (χ0v) is 14.1. The van der Waals surface area contributed by atoms with Crippen LogP contribution >= 0.6 is 0 Å². The van der Waals surface area contributed by atoms with Crippen molar-refractivity contribution in [3.63, 3.8) is 0 Å². The molecule has 10 heteroatoms. The molecule has 0 saturated heterocycles. The molecule has 0 amide bonds. The second kappa shape index (κ2) is 7.87. The molecule has 3 N–H and O–H groups in total. The minimum atomic E-state index is -4.67. The Bertz CT molecular complexity index is 643. The topological polar surface area (TPSA) is 138 Å². The third kappa shape index (κ3) is 6.12. The number of aliphatic hydroxyl groups excluding tert-OH is 1. The number of aromatic carboxylic acids is 1. The van der Waals surface area contributed by atoms with Crippen LogP contribution in [0.1, 0.15) is 29.1 Å². The number of carboxylic acids is 1. The summed E-state index contributed by atoms with van der Waals surface area (Å²) >= 11 is 0. The molecule has 0 aliphatic heterocycles. The molecule has 0 heterocycles. The van der Waals surface area contributed by atoms with Gasteiger partial charge in [-0.2, -0.15) is 8.42 Å². The molecule has 21 heavy (non-hydrogen) atoms. The molecule has 0 aliphatic carbocycles. The second-order valence-corrected chi connectivity index (χ2v) is 5.40. The van der Waals surface area contributed by atoms with Gasteiger partial charge in [-0.1, -0.05) is 0 Å². The fourth-order valence-electron chi connectivity index (χ4n) is 1.27. The van der Waals surface area contributed by atoms with Crippen molar-refractivity contribution < 1.29 is 68.5 Å². The van der Waals surface area contributed by atoms with Gasteiger partial charge in [-0.25, -0.2) is 9.59 Å². The molecular formula is C11H13NaO8S. The maximum absolute atomic E-state index is 11.6. The van der Waals surface area contributed by atoms with Crippen molar-refractivity contribution in [3.8, 4) is 0 Å². The van der Waals surface area contributed by atoms with Crippen LogP contribution < -0.4 is 29.6 Å². The van der Waals surface area contributed by atoms with Crippen molar-refractivity contribution in [2.45, 2.75) is 17.9 Å². The van der Waals surface area contributed by atoms with Crippen molar-refractivity contribution in [2.24, 2.45) is 0 Å². The van der Waals surface area contributed by atoms with Gasteiger partial charge in [0.1, 0.15) is 6.61 Å². The second-order valence-electron chi connectivity index (χ2n) is 3.97. The van der Waals surface area contributed by atoms with E-state index in [2.05, 4.69) is 4.74 Å². The van der Waals surface area contributed by atoms with Gasteiger partial charge in [-0.15, -0.1) is 0 Å². The van der Waals surface area contributed by atoms with Crippen molar-refractivity contribution >= 4 is 22.1 Å². The van der Waals surface area contributed by atoms with Gasteiger partial charge < -0.3 is 16.4 Å². The number of benzene rings is 1. The number of hydrogen-bond donors (Lipinski definition) is 3. The Morgan fingerprint density at radius 2 is 1.81 bits per heavy atom. The van der Waals surface area contributed by atoms with Gasteiger partial charge in [-0.3, -0.25) is 4.55 Å². The molecule has 1 atom stereocenters. The van der Waals surface area contributed by atoms with Crippen LogP contribution in [0.3, 0.4) is 0 Å². The van der Waals surface area contributed by atoms with Crippen molar-refractivity contribution in [1.29, 1.82) is 0 Å². The zero-order valence-electron chi connectivity index (χ0n) is 12.3. The van der Waals surface area contributed by atoms with E-state index in [9.17, 15) is 18.0 Å². The van der Waals surface area contributed by atoms with Crippen molar-refractivity contribution in [1.82, 2.24) is 0 Å². The minimum Gasteiger partial charge on any atom is -1.00 e. The van der Waals surface area contributed by atoms with Gasteiger partial charge in [0, 0.05) is 0 Å². The third-order valence-corrected chi connectivity index (χ3v) is 2.97. The average molecular weight is 328 g/mol. The Kier molecular flexibility index (Phi) is 7.51. The fraction of sp³-hybridized carbons (Fsp3) is 0.273. The van der Waals surface area contributed by atoms with E-state index in [-0.39, 0.29) is 43.2 Å². The first kappa shape index (κ1) is 20.0. The molecule has 112 valence electrons. The molecule has 0 aliphatic rings. The van der Waals surface area contributed by atoms with Crippen LogP contribution in [-0.2, 0) is 14.9 Å².